The molecule has 108 valence electrons. The summed E-state index contributed by atoms with van der Waals surface area (Å²) >= 11 is 7.99. The lowest BCUT2D eigenvalue weighted by Crippen LogP contribution is -2.28. The minimum Gasteiger partial charge on any atom is -0.271 e. The smallest absolute Gasteiger partial charge is 0.0817 e. The molecular formula is C16H21ClN2S. The van der Waals surface area contributed by atoms with Crippen molar-refractivity contribution in [1.82, 2.24) is 5.43 Å². The first kappa shape index (κ1) is 15.5. The van der Waals surface area contributed by atoms with Gasteiger partial charge in [0.2, 0.25) is 0 Å². The molecule has 1 unspecified atom stereocenters. The van der Waals surface area contributed by atoms with Crippen LogP contribution in [0.5, 0.6) is 0 Å². The summed E-state index contributed by atoms with van der Waals surface area (Å²) in [6.45, 7) is 8.64. The fourth-order valence-electron chi connectivity index (χ4n) is 2.14. The van der Waals surface area contributed by atoms with Gasteiger partial charge in [0.1, 0.15) is 0 Å². The van der Waals surface area contributed by atoms with Gasteiger partial charge in [-0.2, -0.15) is 0 Å². The standard InChI is InChI=1S/C16H21ClN2S/c1-10-9-20-15(13(10)17)14(19-18)11-5-7-12(8-6-11)16(2,3)4/h5-9,14,19H,18H2,1-4H3. The highest BCUT2D eigenvalue weighted by molar-refractivity contribution is 7.10. The summed E-state index contributed by atoms with van der Waals surface area (Å²) in [4.78, 5) is 1.06. The minimum absolute atomic E-state index is 0.0600. The van der Waals surface area contributed by atoms with Crippen LogP contribution < -0.4 is 11.3 Å². The summed E-state index contributed by atoms with van der Waals surface area (Å²) in [6.07, 6.45) is 0. The van der Waals surface area contributed by atoms with Crippen LogP contribution in [0.1, 0.15) is 48.4 Å². The first-order chi connectivity index (χ1) is 9.34. The van der Waals surface area contributed by atoms with Crippen LogP contribution in [0.2, 0.25) is 5.02 Å². The molecule has 2 nitrogen and oxygen atoms in total. The molecule has 0 aliphatic carbocycles. The Morgan fingerprint density at radius 3 is 2.20 bits per heavy atom. The summed E-state index contributed by atoms with van der Waals surface area (Å²) < 4.78 is 0. The molecule has 0 bridgehead atoms. The third-order valence-corrected chi connectivity index (χ3v) is 5.24. The van der Waals surface area contributed by atoms with Crippen molar-refractivity contribution in [2.45, 2.75) is 39.2 Å². The van der Waals surface area contributed by atoms with Crippen molar-refractivity contribution in [3.05, 3.63) is 56.2 Å². The van der Waals surface area contributed by atoms with Crippen LogP contribution in [0.4, 0.5) is 0 Å². The van der Waals surface area contributed by atoms with Crippen LogP contribution in [0.3, 0.4) is 0 Å². The zero-order valence-electron chi connectivity index (χ0n) is 12.3. The van der Waals surface area contributed by atoms with Gasteiger partial charge in [-0.3, -0.25) is 5.84 Å². The Hall–Kier alpha value is -0.870. The Balaban J connectivity index is 2.36. The summed E-state index contributed by atoms with van der Waals surface area (Å²) in [5.74, 6) is 5.74. The molecule has 0 saturated carbocycles. The van der Waals surface area contributed by atoms with Gasteiger partial charge >= 0.3 is 0 Å². The van der Waals surface area contributed by atoms with E-state index in [4.69, 9.17) is 17.4 Å². The van der Waals surface area contributed by atoms with Crippen molar-refractivity contribution in [3.63, 3.8) is 0 Å². The van der Waals surface area contributed by atoms with Gasteiger partial charge in [-0.1, -0.05) is 56.6 Å². The third-order valence-electron chi connectivity index (χ3n) is 3.46. The molecule has 0 spiro atoms. The molecule has 1 heterocycles. The summed E-state index contributed by atoms with van der Waals surface area (Å²) in [5.41, 5.74) is 6.56. The van der Waals surface area contributed by atoms with E-state index >= 15 is 0 Å². The SMILES string of the molecule is Cc1csc(C(NN)c2ccc(C(C)(C)C)cc2)c1Cl. The van der Waals surface area contributed by atoms with E-state index in [1.54, 1.807) is 11.3 Å². The van der Waals surface area contributed by atoms with E-state index in [0.29, 0.717) is 0 Å². The number of hydrogen-bond acceptors (Lipinski definition) is 3. The van der Waals surface area contributed by atoms with E-state index in [1.807, 2.05) is 6.92 Å². The lowest BCUT2D eigenvalue weighted by molar-refractivity contribution is 0.588. The number of hydrazine groups is 1. The monoisotopic (exact) mass is 308 g/mol. The predicted molar refractivity (Wildman–Crippen MR) is 88.4 cm³/mol. The normalized spacial score (nSPS) is 13.5. The van der Waals surface area contributed by atoms with E-state index < -0.39 is 0 Å². The molecule has 1 aromatic heterocycles. The predicted octanol–water partition coefficient (Wildman–Crippen LogP) is 4.56. The second-order valence-electron chi connectivity index (χ2n) is 6.07. The average Bonchev–Trinajstić information content (AvgIpc) is 2.72. The summed E-state index contributed by atoms with van der Waals surface area (Å²) in [5, 5.41) is 2.86. The third kappa shape index (κ3) is 3.07. The molecule has 3 N–H and O–H groups in total. The molecule has 0 aliphatic rings. The molecule has 4 heteroatoms. The Bertz CT molecular complexity index is 582. The molecular weight excluding hydrogens is 288 g/mol. The van der Waals surface area contributed by atoms with Crippen molar-refractivity contribution in [3.8, 4) is 0 Å². The van der Waals surface area contributed by atoms with E-state index in [0.717, 1.165) is 21.0 Å². The maximum Gasteiger partial charge on any atom is 0.0817 e. The summed E-state index contributed by atoms with van der Waals surface area (Å²) in [7, 11) is 0. The molecule has 0 aliphatic heterocycles. The number of hydrogen-bond donors (Lipinski definition) is 2. The second kappa shape index (κ2) is 5.86. The van der Waals surface area contributed by atoms with Crippen molar-refractivity contribution in [2.75, 3.05) is 0 Å². The largest absolute Gasteiger partial charge is 0.271 e. The molecule has 1 aromatic carbocycles. The summed E-state index contributed by atoms with van der Waals surface area (Å²) in [6, 6.07) is 8.50. The van der Waals surface area contributed by atoms with E-state index in [-0.39, 0.29) is 11.5 Å². The molecule has 20 heavy (non-hydrogen) atoms. The average molecular weight is 309 g/mol. The van der Waals surface area contributed by atoms with Gasteiger partial charge in [-0.05, 0) is 34.4 Å². The van der Waals surface area contributed by atoms with Crippen molar-refractivity contribution >= 4 is 22.9 Å². The van der Waals surface area contributed by atoms with Gasteiger partial charge in [0, 0.05) is 4.88 Å². The minimum atomic E-state index is -0.0600. The molecule has 0 amide bonds. The van der Waals surface area contributed by atoms with Crippen molar-refractivity contribution in [1.29, 1.82) is 0 Å². The Labute approximate surface area is 129 Å². The quantitative estimate of drug-likeness (QED) is 0.644. The zero-order chi connectivity index (χ0) is 14.9. The van der Waals surface area contributed by atoms with Crippen LogP contribution in [0, 0.1) is 6.92 Å². The fraction of sp³-hybridized carbons (Fsp3) is 0.375. The maximum absolute atomic E-state index is 6.35. The van der Waals surface area contributed by atoms with Crippen LogP contribution in [0.15, 0.2) is 29.6 Å². The molecule has 0 saturated heterocycles. The highest BCUT2D eigenvalue weighted by Gasteiger charge is 2.20. The van der Waals surface area contributed by atoms with E-state index in [1.165, 1.54) is 5.56 Å². The highest BCUT2D eigenvalue weighted by atomic mass is 35.5. The van der Waals surface area contributed by atoms with Gasteiger partial charge in [-0.15, -0.1) is 11.3 Å². The lowest BCUT2D eigenvalue weighted by Gasteiger charge is -2.21. The number of thiophene rings is 1. The molecule has 1 atom stereocenters. The number of benzene rings is 1. The molecule has 0 radical (unpaired) electrons. The van der Waals surface area contributed by atoms with Crippen LogP contribution in [0.25, 0.3) is 0 Å². The highest BCUT2D eigenvalue weighted by Crippen LogP contribution is 2.35. The van der Waals surface area contributed by atoms with Crippen LogP contribution in [-0.4, -0.2) is 0 Å². The topological polar surface area (TPSA) is 38.0 Å². The van der Waals surface area contributed by atoms with Crippen LogP contribution in [-0.2, 0) is 5.41 Å². The number of nitrogens with one attached hydrogen (secondary N) is 1. The van der Waals surface area contributed by atoms with Gasteiger partial charge in [0.25, 0.3) is 0 Å². The van der Waals surface area contributed by atoms with Gasteiger partial charge in [0.15, 0.2) is 0 Å². The number of nitrogens with two attached hydrogens (primary N) is 1. The molecule has 2 rings (SSSR count). The second-order valence-corrected chi connectivity index (χ2v) is 7.36. The Morgan fingerprint density at radius 2 is 1.80 bits per heavy atom. The molecule has 2 aromatic rings. The Kier molecular flexibility index (Phi) is 4.55. The molecule has 0 fully saturated rings. The van der Waals surface area contributed by atoms with E-state index in [2.05, 4.69) is 55.8 Å². The number of halogens is 1. The fourth-order valence-corrected chi connectivity index (χ4v) is 3.53. The van der Waals surface area contributed by atoms with Gasteiger partial charge in [-0.25, -0.2) is 5.43 Å². The van der Waals surface area contributed by atoms with E-state index in [9.17, 15) is 0 Å². The maximum atomic E-state index is 6.35. The van der Waals surface area contributed by atoms with Crippen molar-refractivity contribution < 1.29 is 0 Å². The Morgan fingerprint density at radius 1 is 1.20 bits per heavy atom. The van der Waals surface area contributed by atoms with Crippen LogP contribution >= 0.6 is 22.9 Å². The number of rotatable bonds is 3. The van der Waals surface area contributed by atoms with Crippen molar-refractivity contribution in [2.24, 2.45) is 5.84 Å². The first-order valence-corrected chi connectivity index (χ1v) is 7.90. The van der Waals surface area contributed by atoms with Gasteiger partial charge < -0.3 is 0 Å². The first-order valence-electron chi connectivity index (χ1n) is 6.64. The van der Waals surface area contributed by atoms with Gasteiger partial charge in [0.05, 0.1) is 11.1 Å². The lowest BCUT2D eigenvalue weighted by atomic mass is 9.86. The zero-order valence-corrected chi connectivity index (χ0v) is 13.9. The number of aryl methyl sites for hydroxylation is 1.